The van der Waals surface area contributed by atoms with Crippen LogP contribution >= 0.6 is 0 Å². The summed E-state index contributed by atoms with van der Waals surface area (Å²) in [6.07, 6.45) is 9.49. The predicted molar refractivity (Wildman–Crippen MR) is 128 cm³/mol. The number of morpholine rings is 1. The molecular weight excluding hydrogens is 412 g/mol. The highest BCUT2D eigenvalue weighted by atomic mass is 16.5. The summed E-state index contributed by atoms with van der Waals surface area (Å²) in [5, 5.41) is 0. The highest BCUT2D eigenvalue weighted by Crippen LogP contribution is 2.46. The van der Waals surface area contributed by atoms with Crippen LogP contribution in [0.1, 0.15) is 35.8 Å². The maximum atomic E-state index is 5.57. The van der Waals surface area contributed by atoms with E-state index in [1.54, 1.807) is 0 Å². The average Bonchev–Trinajstić information content (AvgIpc) is 3.27. The molecule has 1 saturated heterocycles. The van der Waals surface area contributed by atoms with Crippen LogP contribution in [0, 0.1) is 0 Å². The molecule has 0 bridgehead atoms. The van der Waals surface area contributed by atoms with Crippen LogP contribution in [0.3, 0.4) is 0 Å². The molecule has 0 radical (unpaired) electrons. The molecule has 0 aromatic carbocycles. The molecule has 0 N–H and O–H groups in total. The molecule has 3 aliphatic rings. The zero-order valence-electron chi connectivity index (χ0n) is 18.5. The van der Waals surface area contributed by atoms with Gasteiger partial charge in [0.25, 0.3) is 0 Å². The second-order valence-corrected chi connectivity index (χ2v) is 9.08. The van der Waals surface area contributed by atoms with E-state index in [1.165, 1.54) is 34.6 Å². The first kappa shape index (κ1) is 19.1. The van der Waals surface area contributed by atoms with Crippen LogP contribution in [0.2, 0.25) is 0 Å². The van der Waals surface area contributed by atoms with Gasteiger partial charge in [-0.05, 0) is 49.1 Å². The zero-order valence-corrected chi connectivity index (χ0v) is 18.5. The Balaban J connectivity index is 1.40. The van der Waals surface area contributed by atoms with Crippen LogP contribution in [-0.2, 0) is 17.7 Å². The van der Waals surface area contributed by atoms with Crippen LogP contribution in [0.15, 0.2) is 55.0 Å². The number of rotatable bonds is 2. The van der Waals surface area contributed by atoms with Crippen molar-refractivity contribution < 1.29 is 4.74 Å². The number of imidazole rings is 1. The van der Waals surface area contributed by atoms with Crippen molar-refractivity contribution >= 4 is 17.2 Å². The molecule has 1 aliphatic carbocycles. The van der Waals surface area contributed by atoms with E-state index in [2.05, 4.69) is 63.0 Å². The number of aryl methyl sites for hydroxylation is 1. The van der Waals surface area contributed by atoms with Gasteiger partial charge in [0.15, 0.2) is 0 Å². The second-order valence-electron chi connectivity index (χ2n) is 9.08. The van der Waals surface area contributed by atoms with Crippen molar-refractivity contribution in [2.75, 3.05) is 36.1 Å². The van der Waals surface area contributed by atoms with E-state index in [0.29, 0.717) is 0 Å². The molecule has 0 spiro atoms. The standard InChI is InChI=1S/C26H26N6O/c1-2-10-31-23(8-1)29-20-17-32(21-7-3-5-18-6-4-9-27-25(18)21)22-16-28-24(15-19(22)26(20)31)30-11-13-33-14-12-30/h1-2,4,6,8-10,15-16,21H,3,5,7,11-14,17H2/t21-/m0/s1. The molecule has 4 aromatic rings. The molecule has 7 nitrogen and oxygen atoms in total. The smallest absolute Gasteiger partial charge is 0.137 e. The third-order valence-electron chi connectivity index (χ3n) is 7.23. The lowest BCUT2D eigenvalue weighted by molar-refractivity contribution is 0.122. The minimum Gasteiger partial charge on any atom is -0.378 e. The van der Waals surface area contributed by atoms with E-state index in [4.69, 9.17) is 19.7 Å². The second kappa shape index (κ2) is 7.56. The van der Waals surface area contributed by atoms with Gasteiger partial charge in [0.2, 0.25) is 0 Å². The Morgan fingerprint density at radius 3 is 2.91 bits per heavy atom. The number of hydrogen-bond acceptors (Lipinski definition) is 6. The summed E-state index contributed by atoms with van der Waals surface area (Å²) in [6.45, 7) is 4.00. The predicted octanol–water partition coefficient (Wildman–Crippen LogP) is 4.03. The van der Waals surface area contributed by atoms with Crippen molar-refractivity contribution in [3.8, 4) is 11.3 Å². The quantitative estimate of drug-likeness (QED) is 0.471. The summed E-state index contributed by atoms with van der Waals surface area (Å²) in [4.78, 5) is 19.6. The van der Waals surface area contributed by atoms with Crippen molar-refractivity contribution in [3.05, 3.63) is 71.9 Å². The van der Waals surface area contributed by atoms with E-state index in [0.717, 1.165) is 62.8 Å². The third kappa shape index (κ3) is 3.03. The minimum absolute atomic E-state index is 0.239. The summed E-state index contributed by atoms with van der Waals surface area (Å²) in [7, 11) is 0. The molecule has 7 heteroatoms. The fourth-order valence-electron chi connectivity index (χ4n) is 5.67. The van der Waals surface area contributed by atoms with E-state index in [1.807, 2.05) is 6.20 Å². The van der Waals surface area contributed by atoms with Crippen molar-refractivity contribution in [1.29, 1.82) is 0 Å². The Labute approximate surface area is 192 Å². The van der Waals surface area contributed by atoms with E-state index < -0.39 is 0 Å². The van der Waals surface area contributed by atoms with Crippen molar-refractivity contribution in [3.63, 3.8) is 0 Å². The Kier molecular flexibility index (Phi) is 4.36. The molecule has 166 valence electrons. The molecule has 1 atom stereocenters. The minimum atomic E-state index is 0.239. The first-order valence-corrected chi connectivity index (χ1v) is 11.9. The van der Waals surface area contributed by atoms with Crippen LogP contribution < -0.4 is 9.80 Å². The van der Waals surface area contributed by atoms with Gasteiger partial charge in [0.05, 0.1) is 54.8 Å². The molecule has 0 amide bonds. The van der Waals surface area contributed by atoms with Gasteiger partial charge in [-0.15, -0.1) is 0 Å². The lowest BCUT2D eigenvalue weighted by atomic mass is 9.89. The topological polar surface area (TPSA) is 58.8 Å². The normalized spacial score (nSPS) is 19.8. The fraction of sp³-hybridized carbons (Fsp3) is 0.346. The number of anilines is 2. The Hall–Kier alpha value is -3.45. The summed E-state index contributed by atoms with van der Waals surface area (Å²) >= 11 is 0. The number of hydrogen-bond donors (Lipinski definition) is 0. The van der Waals surface area contributed by atoms with Gasteiger partial charge in [0, 0.05) is 31.0 Å². The first-order chi connectivity index (χ1) is 16.4. The number of aromatic nitrogens is 4. The molecule has 7 rings (SSSR count). The molecular formula is C26H26N6O. The fourth-order valence-corrected chi connectivity index (χ4v) is 5.67. The first-order valence-electron chi connectivity index (χ1n) is 11.9. The van der Waals surface area contributed by atoms with E-state index in [-0.39, 0.29) is 6.04 Å². The Morgan fingerprint density at radius 2 is 1.97 bits per heavy atom. The van der Waals surface area contributed by atoms with E-state index >= 15 is 0 Å². The summed E-state index contributed by atoms with van der Waals surface area (Å²) in [6, 6.07) is 13.0. The Bertz CT molecular complexity index is 1340. The van der Waals surface area contributed by atoms with Gasteiger partial charge >= 0.3 is 0 Å². The summed E-state index contributed by atoms with van der Waals surface area (Å²) < 4.78 is 7.79. The molecule has 33 heavy (non-hydrogen) atoms. The zero-order chi connectivity index (χ0) is 21.8. The number of nitrogens with zero attached hydrogens (tertiary/aromatic N) is 6. The maximum absolute atomic E-state index is 5.57. The summed E-state index contributed by atoms with van der Waals surface area (Å²) in [5.74, 6) is 1.01. The lowest BCUT2D eigenvalue weighted by Gasteiger charge is -2.39. The molecule has 0 saturated carbocycles. The monoisotopic (exact) mass is 438 g/mol. The average molecular weight is 439 g/mol. The summed E-state index contributed by atoms with van der Waals surface area (Å²) in [5.41, 5.74) is 8.25. The largest absolute Gasteiger partial charge is 0.378 e. The van der Waals surface area contributed by atoms with Crippen LogP contribution in [0.5, 0.6) is 0 Å². The molecule has 2 aliphatic heterocycles. The van der Waals surface area contributed by atoms with Gasteiger partial charge < -0.3 is 14.5 Å². The Morgan fingerprint density at radius 1 is 1.03 bits per heavy atom. The number of fused-ring (bicyclic) bond motifs is 6. The SMILES string of the molecule is c1cnc2c(c1)CCC[C@@H]2N1Cc2nc3ccccn3c2-c2cc(N3CCOCC3)ncc21. The molecule has 1 fully saturated rings. The number of pyridine rings is 3. The van der Waals surface area contributed by atoms with Crippen molar-refractivity contribution in [2.45, 2.75) is 31.8 Å². The van der Waals surface area contributed by atoms with Gasteiger partial charge in [-0.3, -0.25) is 9.38 Å². The van der Waals surface area contributed by atoms with Crippen LogP contribution in [-0.4, -0.2) is 45.7 Å². The molecule has 0 unspecified atom stereocenters. The molecule has 6 heterocycles. The highest BCUT2D eigenvalue weighted by Gasteiger charge is 2.35. The lowest BCUT2D eigenvalue weighted by Crippen LogP contribution is -2.37. The maximum Gasteiger partial charge on any atom is 0.137 e. The van der Waals surface area contributed by atoms with Crippen molar-refractivity contribution in [2.24, 2.45) is 0 Å². The number of ether oxygens (including phenoxy) is 1. The van der Waals surface area contributed by atoms with Gasteiger partial charge in [0.1, 0.15) is 11.5 Å². The van der Waals surface area contributed by atoms with E-state index in [9.17, 15) is 0 Å². The van der Waals surface area contributed by atoms with Crippen LogP contribution in [0.25, 0.3) is 16.9 Å². The molecule has 4 aromatic heterocycles. The van der Waals surface area contributed by atoms with Gasteiger partial charge in [-0.25, -0.2) is 9.97 Å². The third-order valence-corrected chi connectivity index (χ3v) is 7.23. The van der Waals surface area contributed by atoms with Gasteiger partial charge in [-0.1, -0.05) is 12.1 Å². The van der Waals surface area contributed by atoms with Crippen molar-refractivity contribution in [1.82, 2.24) is 19.4 Å². The van der Waals surface area contributed by atoms with Gasteiger partial charge in [-0.2, -0.15) is 0 Å². The highest BCUT2D eigenvalue weighted by molar-refractivity contribution is 5.84. The van der Waals surface area contributed by atoms with Crippen LogP contribution in [0.4, 0.5) is 11.5 Å².